The first kappa shape index (κ1) is 31.6. The molecule has 0 spiro atoms. The molecule has 2 unspecified atom stereocenters. The molecule has 6 N–H and O–H groups in total. The zero-order valence-corrected chi connectivity index (χ0v) is 25.4. The van der Waals surface area contributed by atoms with Crippen LogP contribution in [0.2, 0.25) is 0 Å². The maximum atomic E-state index is 13.2. The lowest BCUT2D eigenvalue weighted by molar-refractivity contribution is -0.688. The van der Waals surface area contributed by atoms with Crippen molar-refractivity contribution in [2.24, 2.45) is 5.16 Å². The minimum Gasteiger partial charge on any atom is -0.478 e. The first-order valence-electron chi connectivity index (χ1n) is 13.0. The van der Waals surface area contributed by atoms with Crippen LogP contribution in [0.15, 0.2) is 41.0 Å². The molecule has 2 aliphatic rings. The number of aromatic nitrogens is 3. The second-order valence-electron chi connectivity index (χ2n) is 10.4. The molecule has 2 aromatic heterocycles. The van der Waals surface area contributed by atoms with Gasteiger partial charge in [0.2, 0.25) is 17.1 Å². The fourth-order valence-electron chi connectivity index (χ4n) is 4.05. The number of aliphatic carboxylic acids is 2. The van der Waals surface area contributed by atoms with E-state index >= 15 is 0 Å². The topological polar surface area (TPSA) is 217 Å². The zero-order chi connectivity index (χ0) is 31.5. The Hall–Kier alpha value is -4.29. The number of amides is 2. The third-order valence-corrected chi connectivity index (χ3v) is 8.32. The Morgan fingerprint density at radius 2 is 1.98 bits per heavy atom. The fourth-order valence-corrected chi connectivity index (χ4v) is 5.82. The molecule has 2 aliphatic heterocycles. The van der Waals surface area contributed by atoms with Crippen molar-refractivity contribution < 1.29 is 38.8 Å². The minimum atomic E-state index is -1.78. The standard InChI is InChI=1S/C25H31N9O7S2/c1-25(2,23(39)40)41-30-15(18-29-24(26)43-31-18)19(35)28-16-20(36)34-17(22(37)38)13(12-42-21(16)34)11-33-8-5-14(6-9-33)27-7-10-32(3)4/h5-6,8-9,16,21H,7,10-12H2,1-4H3,(H5,26,28,29,31,35,37,38,39,40)/p+1. The van der Waals surface area contributed by atoms with E-state index in [1.165, 1.54) is 25.6 Å². The van der Waals surface area contributed by atoms with Gasteiger partial charge in [-0.1, -0.05) is 5.16 Å². The van der Waals surface area contributed by atoms with Crippen LogP contribution < -0.4 is 20.9 Å². The number of rotatable bonds is 13. The number of anilines is 2. The molecule has 1 fully saturated rings. The first-order valence-corrected chi connectivity index (χ1v) is 14.8. The van der Waals surface area contributed by atoms with E-state index in [0.29, 0.717) is 11.3 Å². The highest BCUT2D eigenvalue weighted by Gasteiger charge is 2.55. The van der Waals surface area contributed by atoms with E-state index in [2.05, 4.69) is 30.0 Å². The number of carboxylic acid groups (broad SMARTS) is 2. The van der Waals surface area contributed by atoms with Crippen molar-refractivity contribution in [2.75, 3.05) is 44.0 Å². The molecule has 0 radical (unpaired) electrons. The van der Waals surface area contributed by atoms with Crippen molar-refractivity contribution in [3.63, 3.8) is 0 Å². The van der Waals surface area contributed by atoms with Crippen LogP contribution in [0, 0.1) is 0 Å². The number of pyridine rings is 1. The second-order valence-corrected chi connectivity index (χ2v) is 12.3. The highest BCUT2D eigenvalue weighted by atomic mass is 32.2. The van der Waals surface area contributed by atoms with Crippen LogP contribution in [0.5, 0.6) is 0 Å². The van der Waals surface area contributed by atoms with Gasteiger partial charge in [0.25, 0.3) is 11.8 Å². The van der Waals surface area contributed by atoms with Gasteiger partial charge >= 0.3 is 11.9 Å². The summed E-state index contributed by atoms with van der Waals surface area (Å²) < 4.78 is 5.77. The Balaban J connectivity index is 1.48. The summed E-state index contributed by atoms with van der Waals surface area (Å²) >= 11 is 2.09. The third-order valence-electron chi connectivity index (χ3n) is 6.44. The molecule has 0 aliphatic carbocycles. The normalized spacial score (nSPS) is 18.7. The van der Waals surface area contributed by atoms with E-state index in [4.69, 9.17) is 10.6 Å². The maximum Gasteiger partial charge on any atom is 0.352 e. The van der Waals surface area contributed by atoms with Gasteiger partial charge in [-0.3, -0.25) is 14.5 Å². The molecule has 16 nitrogen and oxygen atoms in total. The van der Waals surface area contributed by atoms with Crippen molar-refractivity contribution in [1.82, 2.24) is 24.5 Å². The maximum absolute atomic E-state index is 13.2. The van der Waals surface area contributed by atoms with Crippen molar-refractivity contribution in [2.45, 2.75) is 37.4 Å². The van der Waals surface area contributed by atoms with Crippen LogP contribution >= 0.6 is 23.3 Å². The Morgan fingerprint density at radius 3 is 2.56 bits per heavy atom. The van der Waals surface area contributed by atoms with E-state index in [-0.39, 0.29) is 23.2 Å². The van der Waals surface area contributed by atoms with Gasteiger partial charge in [-0.05, 0) is 27.9 Å². The number of nitrogens with one attached hydrogen (secondary N) is 2. The van der Waals surface area contributed by atoms with Crippen LogP contribution in [-0.2, 0) is 30.6 Å². The number of nitrogen functional groups attached to an aromatic ring is 1. The number of carbonyl (C=O) groups excluding carboxylic acids is 2. The number of nitrogens with two attached hydrogens (primary N) is 1. The number of hydrogen-bond acceptors (Lipinski definition) is 13. The summed E-state index contributed by atoms with van der Waals surface area (Å²) in [5, 5.41) is 28.2. The molecule has 2 amide bonds. The van der Waals surface area contributed by atoms with Crippen molar-refractivity contribution in [1.29, 1.82) is 0 Å². The van der Waals surface area contributed by atoms with Gasteiger partial charge in [-0.15, -0.1) is 11.8 Å². The number of oxime groups is 1. The predicted molar refractivity (Wildman–Crippen MR) is 157 cm³/mol. The average molecular weight is 635 g/mol. The first-order chi connectivity index (χ1) is 20.3. The van der Waals surface area contributed by atoms with Gasteiger partial charge in [0.05, 0.1) is 0 Å². The summed E-state index contributed by atoms with van der Waals surface area (Å²) in [6.45, 7) is 4.36. The quantitative estimate of drug-likeness (QED) is 0.0806. The van der Waals surface area contributed by atoms with E-state index in [1.54, 1.807) is 0 Å². The van der Waals surface area contributed by atoms with Crippen LogP contribution in [0.4, 0.5) is 10.8 Å². The lowest BCUT2D eigenvalue weighted by Gasteiger charge is -2.49. The van der Waals surface area contributed by atoms with Crippen LogP contribution in [0.25, 0.3) is 0 Å². The SMILES string of the molecule is CN(C)CCNc1cc[n+](CC2=C(C(=O)O)N3C(=O)C(NC(=O)C(=NOC(C)(C)C(=O)O)c4nsc(N)n4)C3SC2)cc1. The van der Waals surface area contributed by atoms with Crippen molar-refractivity contribution in [3.8, 4) is 0 Å². The molecule has 2 atom stereocenters. The molecule has 18 heteroatoms. The number of fused-ring (bicyclic) bond motifs is 1. The number of thioether (sulfide) groups is 1. The summed E-state index contributed by atoms with van der Waals surface area (Å²) in [5.41, 5.74) is 4.70. The Kier molecular flexibility index (Phi) is 9.51. The van der Waals surface area contributed by atoms with Crippen LogP contribution in [0.1, 0.15) is 19.7 Å². The van der Waals surface area contributed by atoms with E-state index < -0.39 is 46.5 Å². The Morgan fingerprint density at radius 1 is 1.28 bits per heavy atom. The lowest BCUT2D eigenvalue weighted by Crippen LogP contribution is -2.71. The average Bonchev–Trinajstić information content (AvgIpc) is 3.37. The molecule has 0 bridgehead atoms. The molecule has 230 valence electrons. The highest BCUT2D eigenvalue weighted by Crippen LogP contribution is 2.40. The summed E-state index contributed by atoms with van der Waals surface area (Å²) in [6, 6.07) is 2.70. The number of carbonyl (C=O) groups is 4. The predicted octanol–water partition coefficient (Wildman–Crippen LogP) is -0.596. The van der Waals surface area contributed by atoms with Gasteiger partial charge in [-0.2, -0.15) is 9.36 Å². The van der Waals surface area contributed by atoms with Crippen molar-refractivity contribution >= 4 is 63.6 Å². The number of hydrogen-bond donors (Lipinski definition) is 5. The van der Waals surface area contributed by atoms with Crippen LogP contribution in [-0.4, -0.2) is 109 Å². The smallest absolute Gasteiger partial charge is 0.352 e. The van der Waals surface area contributed by atoms with E-state index in [1.807, 2.05) is 43.2 Å². The number of carboxylic acids is 2. The highest BCUT2D eigenvalue weighted by molar-refractivity contribution is 8.00. The minimum absolute atomic E-state index is 0.0265. The number of β-lactam (4-membered cyclic amide) rings is 1. The summed E-state index contributed by atoms with van der Waals surface area (Å²) in [6.07, 6.45) is 3.66. The fraction of sp³-hybridized carbons (Fsp3) is 0.440. The Bertz CT molecular complexity index is 1470. The van der Waals surface area contributed by atoms with E-state index in [9.17, 15) is 29.4 Å². The number of likely N-dealkylation sites (N-methyl/N-ethyl adjacent to an activating group) is 1. The molecule has 4 heterocycles. The lowest BCUT2D eigenvalue weighted by atomic mass is 10.0. The summed E-state index contributed by atoms with van der Waals surface area (Å²) in [4.78, 5) is 62.3. The molecule has 43 heavy (non-hydrogen) atoms. The second kappa shape index (κ2) is 12.9. The van der Waals surface area contributed by atoms with Gasteiger partial charge in [0, 0.05) is 53.8 Å². The van der Waals surface area contributed by atoms with Gasteiger partial charge in [0.1, 0.15) is 17.1 Å². The van der Waals surface area contributed by atoms with Gasteiger partial charge in [0.15, 0.2) is 24.1 Å². The largest absolute Gasteiger partial charge is 0.478 e. The monoisotopic (exact) mass is 634 g/mol. The molecular formula is C25H32N9O7S2+. The van der Waals surface area contributed by atoms with Gasteiger partial charge in [-0.25, -0.2) is 14.2 Å². The van der Waals surface area contributed by atoms with Gasteiger partial charge < -0.3 is 36.3 Å². The zero-order valence-electron chi connectivity index (χ0n) is 23.8. The molecular weight excluding hydrogens is 602 g/mol. The van der Waals surface area contributed by atoms with Crippen molar-refractivity contribution in [3.05, 3.63) is 41.6 Å². The molecule has 0 saturated carbocycles. The number of nitrogens with zero attached hydrogens (tertiary/aromatic N) is 6. The third kappa shape index (κ3) is 7.20. The Labute approximate surface area is 254 Å². The molecule has 0 aromatic carbocycles. The van der Waals surface area contributed by atoms with Crippen LogP contribution in [0.3, 0.4) is 0 Å². The van der Waals surface area contributed by atoms with E-state index in [0.717, 1.165) is 35.2 Å². The molecule has 2 aromatic rings. The molecule has 1 saturated heterocycles. The molecule has 4 rings (SSSR count). The summed E-state index contributed by atoms with van der Waals surface area (Å²) in [5.74, 6) is -4.04. The summed E-state index contributed by atoms with van der Waals surface area (Å²) in [7, 11) is 3.98.